The van der Waals surface area contributed by atoms with E-state index in [2.05, 4.69) is 90.9 Å². The summed E-state index contributed by atoms with van der Waals surface area (Å²) in [6.07, 6.45) is 0. The Labute approximate surface area is 148 Å². The molecule has 0 aliphatic rings. The summed E-state index contributed by atoms with van der Waals surface area (Å²) in [6, 6.07) is 29.8. The maximum Gasteiger partial charge on any atom is 0.0654 e. The van der Waals surface area contributed by atoms with Crippen molar-refractivity contribution in [1.29, 1.82) is 0 Å². The highest BCUT2D eigenvalue weighted by atomic mass is 15.3. The van der Waals surface area contributed by atoms with Crippen LogP contribution in [0.1, 0.15) is 11.4 Å². The molecule has 0 aliphatic carbocycles. The second kappa shape index (κ2) is 6.40. The number of nitrogens with zero attached hydrogens (tertiary/aromatic N) is 2. The van der Waals surface area contributed by atoms with Gasteiger partial charge in [0, 0.05) is 5.69 Å². The van der Waals surface area contributed by atoms with Gasteiger partial charge in [0.15, 0.2) is 0 Å². The lowest BCUT2D eigenvalue weighted by atomic mass is 10.00. The molecule has 0 aliphatic heterocycles. The Morgan fingerprint density at radius 2 is 1.20 bits per heavy atom. The fraction of sp³-hybridized carbons (Fsp3) is 0.0870. The second-order valence-corrected chi connectivity index (χ2v) is 6.33. The van der Waals surface area contributed by atoms with Crippen molar-refractivity contribution in [3.8, 4) is 27.9 Å². The summed E-state index contributed by atoms with van der Waals surface area (Å²) in [5, 5.41) is 4.59. The van der Waals surface area contributed by atoms with Crippen LogP contribution in [-0.2, 0) is 0 Å². The van der Waals surface area contributed by atoms with Crippen LogP contribution in [0.3, 0.4) is 0 Å². The van der Waals surface area contributed by atoms with Crippen molar-refractivity contribution in [3.63, 3.8) is 0 Å². The molecule has 0 amide bonds. The zero-order chi connectivity index (χ0) is 17.2. The van der Waals surface area contributed by atoms with Crippen LogP contribution >= 0.6 is 0 Å². The average molecular weight is 324 g/mol. The summed E-state index contributed by atoms with van der Waals surface area (Å²) < 4.78 is 2.00. The van der Waals surface area contributed by atoms with Crippen LogP contribution in [-0.4, -0.2) is 9.78 Å². The van der Waals surface area contributed by atoms with Crippen molar-refractivity contribution in [2.75, 3.05) is 0 Å². The van der Waals surface area contributed by atoms with E-state index in [1.807, 2.05) is 17.7 Å². The van der Waals surface area contributed by atoms with E-state index >= 15 is 0 Å². The van der Waals surface area contributed by atoms with Gasteiger partial charge in [-0.3, -0.25) is 0 Å². The fourth-order valence-corrected chi connectivity index (χ4v) is 3.19. The monoisotopic (exact) mass is 324 g/mol. The largest absolute Gasteiger partial charge is 0.238 e. The van der Waals surface area contributed by atoms with E-state index in [-0.39, 0.29) is 0 Å². The van der Waals surface area contributed by atoms with Gasteiger partial charge >= 0.3 is 0 Å². The van der Waals surface area contributed by atoms with Crippen LogP contribution in [0, 0.1) is 13.8 Å². The van der Waals surface area contributed by atoms with Crippen LogP contribution in [0.2, 0.25) is 0 Å². The Morgan fingerprint density at radius 1 is 0.600 bits per heavy atom. The minimum Gasteiger partial charge on any atom is -0.238 e. The summed E-state index contributed by atoms with van der Waals surface area (Å²) >= 11 is 0. The SMILES string of the molecule is Cc1cc(C)n(-c2cccc(-c3ccc(-c4ccccc4)cc3)c2)n1. The Balaban J connectivity index is 1.68. The molecule has 1 aromatic heterocycles. The van der Waals surface area contributed by atoms with Crippen LogP contribution in [0.4, 0.5) is 0 Å². The van der Waals surface area contributed by atoms with Gasteiger partial charge in [-0.15, -0.1) is 0 Å². The Kier molecular flexibility index (Phi) is 3.95. The third-order valence-corrected chi connectivity index (χ3v) is 4.43. The zero-order valence-corrected chi connectivity index (χ0v) is 14.5. The average Bonchev–Trinajstić information content (AvgIpc) is 3.01. The smallest absolute Gasteiger partial charge is 0.0654 e. The van der Waals surface area contributed by atoms with Gasteiger partial charge in [0.2, 0.25) is 0 Å². The molecule has 2 nitrogen and oxygen atoms in total. The standard InChI is InChI=1S/C23H20N2/c1-17-15-18(2)25(24-17)23-10-6-9-22(16-23)21-13-11-20(12-14-21)19-7-4-3-5-8-19/h3-16H,1-2H3. The van der Waals surface area contributed by atoms with E-state index in [1.54, 1.807) is 0 Å². The van der Waals surface area contributed by atoms with E-state index in [1.165, 1.54) is 22.3 Å². The molecule has 25 heavy (non-hydrogen) atoms. The lowest BCUT2D eigenvalue weighted by Crippen LogP contribution is -1.99. The lowest BCUT2D eigenvalue weighted by molar-refractivity contribution is 0.834. The maximum atomic E-state index is 4.59. The minimum atomic E-state index is 1.04. The highest BCUT2D eigenvalue weighted by molar-refractivity contribution is 5.71. The molecule has 0 fully saturated rings. The molecule has 0 saturated heterocycles. The van der Waals surface area contributed by atoms with E-state index in [0.717, 1.165) is 17.1 Å². The van der Waals surface area contributed by atoms with Crippen LogP contribution in [0.15, 0.2) is 84.9 Å². The molecule has 122 valence electrons. The molecule has 0 unspecified atom stereocenters. The predicted octanol–water partition coefficient (Wildman–Crippen LogP) is 5.82. The van der Waals surface area contributed by atoms with Gasteiger partial charge in [-0.25, -0.2) is 4.68 Å². The Hall–Kier alpha value is -3.13. The van der Waals surface area contributed by atoms with Gasteiger partial charge in [-0.2, -0.15) is 5.10 Å². The normalized spacial score (nSPS) is 10.8. The highest BCUT2D eigenvalue weighted by Gasteiger charge is 2.06. The van der Waals surface area contributed by atoms with Crippen molar-refractivity contribution in [3.05, 3.63) is 96.3 Å². The third kappa shape index (κ3) is 3.11. The molecule has 0 atom stereocenters. The van der Waals surface area contributed by atoms with E-state index in [0.29, 0.717) is 0 Å². The summed E-state index contributed by atoms with van der Waals surface area (Å²) in [5.74, 6) is 0. The Bertz CT molecular complexity index is 996. The number of hydrogen-bond acceptors (Lipinski definition) is 1. The van der Waals surface area contributed by atoms with Crippen LogP contribution < -0.4 is 0 Å². The summed E-state index contributed by atoms with van der Waals surface area (Å²) in [7, 11) is 0. The first-order valence-corrected chi connectivity index (χ1v) is 8.50. The van der Waals surface area contributed by atoms with Gasteiger partial charge < -0.3 is 0 Å². The van der Waals surface area contributed by atoms with Crippen molar-refractivity contribution >= 4 is 0 Å². The molecule has 4 rings (SSSR count). The highest BCUT2D eigenvalue weighted by Crippen LogP contribution is 2.26. The summed E-state index contributed by atoms with van der Waals surface area (Å²) in [4.78, 5) is 0. The van der Waals surface area contributed by atoms with Gasteiger partial charge in [0.1, 0.15) is 0 Å². The number of benzene rings is 3. The fourth-order valence-electron chi connectivity index (χ4n) is 3.19. The van der Waals surface area contributed by atoms with Crippen molar-refractivity contribution in [2.24, 2.45) is 0 Å². The number of rotatable bonds is 3. The molecule has 0 bridgehead atoms. The third-order valence-electron chi connectivity index (χ3n) is 4.43. The van der Waals surface area contributed by atoms with Crippen LogP contribution in [0.5, 0.6) is 0 Å². The van der Waals surface area contributed by atoms with Crippen LogP contribution in [0.25, 0.3) is 27.9 Å². The predicted molar refractivity (Wildman–Crippen MR) is 104 cm³/mol. The molecular formula is C23H20N2. The number of hydrogen-bond donors (Lipinski definition) is 0. The van der Waals surface area contributed by atoms with Gasteiger partial charge in [-0.1, -0.05) is 66.7 Å². The molecule has 0 radical (unpaired) electrons. The molecule has 0 N–H and O–H groups in total. The van der Waals surface area contributed by atoms with Crippen molar-refractivity contribution < 1.29 is 0 Å². The lowest BCUT2D eigenvalue weighted by Gasteiger charge is -2.09. The number of aryl methyl sites for hydroxylation is 2. The Morgan fingerprint density at radius 3 is 1.84 bits per heavy atom. The second-order valence-electron chi connectivity index (χ2n) is 6.33. The first-order chi connectivity index (χ1) is 12.2. The quantitative estimate of drug-likeness (QED) is 0.464. The molecule has 3 aromatic carbocycles. The van der Waals surface area contributed by atoms with E-state index < -0.39 is 0 Å². The molecule has 2 heteroatoms. The molecular weight excluding hydrogens is 304 g/mol. The van der Waals surface area contributed by atoms with Gasteiger partial charge in [0.25, 0.3) is 0 Å². The van der Waals surface area contributed by atoms with E-state index in [9.17, 15) is 0 Å². The topological polar surface area (TPSA) is 17.8 Å². The maximum absolute atomic E-state index is 4.59. The minimum absolute atomic E-state index is 1.04. The molecule has 0 saturated carbocycles. The first kappa shape index (κ1) is 15.4. The van der Waals surface area contributed by atoms with Crippen molar-refractivity contribution in [1.82, 2.24) is 9.78 Å². The van der Waals surface area contributed by atoms with Gasteiger partial charge in [-0.05, 0) is 54.3 Å². The van der Waals surface area contributed by atoms with Gasteiger partial charge in [0.05, 0.1) is 11.4 Å². The molecule has 1 heterocycles. The summed E-state index contributed by atoms with van der Waals surface area (Å²) in [5.41, 5.74) is 8.16. The molecule has 4 aromatic rings. The van der Waals surface area contributed by atoms with E-state index in [4.69, 9.17) is 0 Å². The first-order valence-electron chi connectivity index (χ1n) is 8.50. The zero-order valence-electron chi connectivity index (χ0n) is 14.5. The number of aromatic nitrogens is 2. The summed E-state index contributed by atoms with van der Waals surface area (Å²) in [6.45, 7) is 4.11. The molecule has 0 spiro atoms. The van der Waals surface area contributed by atoms with Crippen molar-refractivity contribution in [2.45, 2.75) is 13.8 Å².